The number of hydrogen-bond acceptors (Lipinski definition) is 4. The third kappa shape index (κ3) is 3.08. The van der Waals surface area contributed by atoms with E-state index in [2.05, 4.69) is 56.1 Å². The van der Waals surface area contributed by atoms with Gasteiger partial charge in [0.25, 0.3) is 0 Å². The van der Waals surface area contributed by atoms with E-state index >= 15 is 0 Å². The minimum atomic E-state index is 0.592. The number of nitrogens with one attached hydrogen (secondary N) is 2. The summed E-state index contributed by atoms with van der Waals surface area (Å²) >= 11 is 0. The Labute approximate surface area is 163 Å². The molecule has 0 spiro atoms. The van der Waals surface area contributed by atoms with Crippen LogP contribution in [0.2, 0.25) is 0 Å². The van der Waals surface area contributed by atoms with Gasteiger partial charge in [0, 0.05) is 54.2 Å². The highest BCUT2D eigenvalue weighted by Crippen LogP contribution is 2.31. The summed E-state index contributed by atoms with van der Waals surface area (Å²) in [7, 11) is 2.22. The molecular formula is C22H25N5O. The summed E-state index contributed by atoms with van der Waals surface area (Å²) in [5.74, 6) is 0.879. The van der Waals surface area contributed by atoms with Crippen LogP contribution in [-0.2, 0) is 11.3 Å². The zero-order valence-electron chi connectivity index (χ0n) is 16.3. The summed E-state index contributed by atoms with van der Waals surface area (Å²) < 4.78 is 5.51. The maximum atomic E-state index is 5.51. The summed E-state index contributed by atoms with van der Waals surface area (Å²) in [5.41, 5.74) is 6.40. The third-order valence-corrected chi connectivity index (χ3v) is 5.78. The Bertz CT molecular complexity index is 1120. The van der Waals surface area contributed by atoms with E-state index in [1.807, 2.05) is 19.2 Å². The van der Waals surface area contributed by atoms with Crippen molar-refractivity contribution in [2.75, 3.05) is 20.3 Å². The first-order chi connectivity index (χ1) is 13.7. The molecule has 5 rings (SSSR count). The molecule has 1 aliphatic heterocycles. The van der Waals surface area contributed by atoms with E-state index in [-0.39, 0.29) is 0 Å². The molecule has 1 fully saturated rings. The molecule has 0 atom stereocenters. The molecule has 0 bridgehead atoms. The van der Waals surface area contributed by atoms with Gasteiger partial charge in [-0.1, -0.05) is 12.1 Å². The summed E-state index contributed by atoms with van der Waals surface area (Å²) in [6.07, 6.45) is 4.05. The van der Waals surface area contributed by atoms with Gasteiger partial charge in [0.2, 0.25) is 0 Å². The Morgan fingerprint density at radius 3 is 2.89 bits per heavy atom. The van der Waals surface area contributed by atoms with Crippen molar-refractivity contribution in [2.24, 2.45) is 0 Å². The lowest BCUT2D eigenvalue weighted by Gasteiger charge is -2.31. The van der Waals surface area contributed by atoms with Crippen LogP contribution in [0, 0.1) is 6.92 Å². The Hall–Kier alpha value is -2.70. The molecule has 144 valence electrons. The molecule has 0 amide bonds. The van der Waals surface area contributed by atoms with Crippen LogP contribution in [0.1, 0.15) is 24.2 Å². The van der Waals surface area contributed by atoms with Gasteiger partial charge < -0.3 is 14.7 Å². The molecule has 4 aromatic rings. The second kappa shape index (κ2) is 7.04. The Morgan fingerprint density at radius 1 is 1.18 bits per heavy atom. The number of rotatable bonds is 4. The van der Waals surface area contributed by atoms with E-state index in [0.29, 0.717) is 6.04 Å². The fraction of sp³-hybridized carbons (Fsp3) is 0.364. The number of benzene rings is 1. The van der Waals surface area contributed by atoms with Crippen LogP contribution in [0.4, 0.5) is 0 Å². The minimum absolute atomic E-state index is 0.592. The second-order valence-corrected chi connectivity index (χ2v) is 7.70. The predicted octanol–water partition coefficient (Wildman–Crippen LogP) is 4.03. The molecule has 0 unspecified atom stereocenters. The number of aryl methyl sites for hydroxylation is 1. The van der Waals surface area contributed by atoms with Crippen molar-refractivity contribution < 1.29 is 4.74 Å². The highest BCUT2D eigenvalue weighted by Gasteiger charge is 2.19. The summed E-state index contributed by atoms with van der Waals surface area (Å²) in [4.78, 5) is 18.3. The quantitative estimate of drug-likeness (QED) is 0.565. The van der Waals surface area contributed by atoms with Gasteiger partial charge in [-0.25, -0.2) is 9.97 Å². The van der Waals surface area contributed by atoms with Gasteiger partial charge in [0.1, 0.15) is 11.3 Å². The van der Waals surface area contributed by atoms with E-state index < -0.39 is 0 Å². The number of ether oxygens (including phenoxy) is 1. The lowest BCUT2D eigenvalue weighted by atomic mass is 10.0. The Morgan fingerprint density at radius 2 is 2.04 bits per heavy atom. The normalized spacial score (nSPS) is 15.8. The number of imidazole rings is 1. The number of fused-ring (bicyclic) bond motifs is 2. The molecule has 1 aliphatic rings. The molecule has 0 saturated carbocycles. The molecule has 1 aromatic carbocycles. The van der Waals surface area contributed by atoms with Gasteiger partial charge in [-0.15, -0.1) is 0 Å². The van der Waals surface area contributed by atoms with E-state index in [1.165, 1.54) is 10.9 Å². The molecule has 6 heteroatoms. The average Bonchev–Trinajstić information content (AvgIpc) is 3.31. The molecule has 28 heavy (non-hydrogen) atoms. The van der Waals surface area contributed by atoms with E-state index in [9.17, 15) is 0 Å². The number of pyridine rings is 1. The number of H-pyrrole nitrogens is 2. The van der Waals surface area contributed by atoms with Crippen molar-refractivity contribution >= 4 is 22.1 Å². The standard InChI is InChI=1S/C22H25N5O/c1-14-24-21-17(6-9-23-22(21)25-14)20-12-18-15(4-3-5-19(18)26-20)13-27(2)16-7-10-28-11-8-16/h3-6,9,12,16,26H,7-8,10-11,13H2,1-2H3,(H,23,24,25). The summed E-state index contributed by atoms with van der Waals surface area (Å²) in [6, 6.07) is 11.4. The van der Waals surface area contributed by atoms with Crippen LogP contribution in [0.3, 0.4) is 0 Å². The van der Waals surface area contributed by atoms with E-state index in [0.717, 1.165) is 66.4 Å². The molecule has 0 radical (unpaired) electrons. The molecule has 3 aromatic heterocycles. The smallest absolute Gasteiger partial charge is 0.158 e. The number of nitrogens with zero attached hydrogens (tertiary/aromatic N) is 3. The van der Waals surface area contributed by atoms with Crippen LogP contribution >= 0.6 is 0 Å². The van der Waals surface area contributed by atoms with Crippen molar-refractivity contribution in [3.63, 3.8) is 0 Å². The van der Waals surface area contributed by atoms with Crippen molar-refractivity contribution in [2.45, 2.75) is 32.4 Å². The van der Waals surface area contributed by atoms with Crippen LogP contribution in [-0.4, -0.2) is 51.1 Å². The highest BCUT2D eigenvalue weighted by atomic mass is 16.5. The fourth-order valence-electron chi connectivity index (χ4n) is 4.27. The zero-order valence-corrected chi connectivity index (χ0v) is 16.3. The predicted molar refractivity (Wildman–Crippen MR) is 111 cm³/mol. The first kappa shape index (κ1) is 17.4. The Balaban J connectivity index is 1.52. The number of aromatic amines is 2. The van der Waals surface area contributed by atoms with Gasteiger partial charge in [0.05, 0.1) is 0 Å². The van der Waals surface area contributed by atoms with Crippen LogP contribution in [0.5, 0.6) is 0 Å². The number of hydrogen-bond donors (Lipinski definition) is 2. The summed E-state index contributed by atoms with van der Waals surface area (Å²) in [5, 5.41) is 1.27. The molecule has 1 saturated heterocycles. The lowest BCUT2D eigenvalue weighted by molar-refractivity contribution is 0.0408. The average molecular weight is 375 g/mol. The molecule has 4 heterocycles. The molecule has 0 aliphatic carbocycles. The van der Waals surface area contributed by atoms with Crippen molar-refractivity contribution in [3.8, 4) is 11.3 Å². The molecule has 2 N–H and O–H groups in total. The lowest BCUT2D eigenvalue weighted by Crippen LogP contribution is -2.36. The van der Waals surface area contributed by atoms with Crippen molar-refractivity contribution in [1.29, 1.82) is 0 Å². The van der Waals surface area contributed by atoms with E-state index in [4.69, 9.17) is 4.74 Å². The Kier molecular flexibility index (Phi) is 4.37. The van der Waals surface area contributed by atoms with Gasteiger partial charge in [-0.2, -0.15) is 0 Å². The first-order valence-electron chi connectivity index (χ1n) is 9.89. The number of aromatic nitrogens is 4. The fourth-order valence-corrected chi connectivity index (χ4v) is 4.27. The van der Waals surface area contributed by atoms with Crippen molar-refractivity contribution in [1.82, 2.24) is 24.8 Å². The van der Waals surface area contributed by atoms with Crippen LogP contribution in [0.25, 0.3) is 33.3 Å². The topological polar surface area (TPSA) is 69.8 Å². The van der Waals surface area contributed by atoms with Gasteiger partial charge in [0.15, 0.2) is 5.65 Å². The van der Waals surface area contributed by atoms with Crippen LogP contribution in [0.15, 0.2) is 36.5 Å². The largest absolute Gasteiger partial charge is 0.381 e. The van der Waals surface area contributed by atoms with E-state index in [1.54, 1.807) is 0 Å². The first-order valence-corrected chi connectivity index (χ1v) is 9.89. The molecular weight excluding hydrogens is 350 g/mol. The highest BCUT2D eigenvalue weighted by molar-refractivity contribution is 5.94. The monoisotopic (exact) mass is 375 g/mol. The zero-order chi connectivity index (χ0) is 19.1. The van der Waals surface area contributed by atoms with Crippen LogP contribution < -0.4 is 0 Å². The van der Waals surface area contributed by atoms with Gasteiger partial charge in [-0.3, -0.25) is 4.90 Å². The summed E-state index contributed by atoms with van der Waals surface area (Å²) in [6.45, 7) is 4.64. The maximum absolute atomic E-state index is 5.51. The second-order valence-electron chi connectivity index (χ2n) is 7.70. The SMILES string of the molecule is Cc1nc2c(-c3cc4c(CN(C)C5CCOCC5)cccc4[nH]3)ccnc2[nH]1. The maximum Gasteiger partial charge on any atom is 0.158 e. The minimum Gasteiger partial charge on any atom is -0.381 e. The van der Waals surface area contributed by atoms with Crippen molar-refractivity contribution in [3.05, 3.63) is 47.9 Å². The molecule has 6 nitrogen and oxygen atoms in total. The van der Waals surface area contributed by atoms with Gasteiger partial charge in [-0.05, 0) is 50.6 Å². The van der Waals surface area contributed by atoms with Gasteiger partial charge >= 0.3 is 0 Å². The third-order valence-electron chi connectivity index (χ3n) is 5.78.